The van der Waals surface area contributed by atoms with E-state index in [0.29, 0.717) is 10.6 Å². The molecule has 0 aliphatic rings. The van der Waals surface area contributed by atoms with Gasteiger partial charge in [-0.15, -0.1) is 11.3 Å². The van der Waals surface area contributed by atoms with Crippen LogP contribution in [-0.4, -0.2) is 11.9 Å². The molecule has 0 aliphatic heterocycles. The number of amides is 1. The molecule has 0 bridgehead atoms. The molecule has 0 spiro atoms. The summed E-state index contributed by atoms with van der Waals surface area (Å²) in [6, 6.07) is 10.1. The van der Waals surface area contributed by atoms with E-state index in [1.165, 1.54) is 11.3 Å². The summed E-state index contributed by atoms with van der Waals surface area (Å²) in [5, 5.41) is 3.53. The highest BCUT2D eigenvalue weighted by molar-refractivity contribution is 7.17. The molecule has 20 heavy (non-hydrogen) atoms. The average molecular weight is 288 g/mol. The van der Waals surface area contributed by atoms with E-state index in [2.05, 4.69) is 12.2 Å². The number of rotatable bonds is 4. The minimum absolute atomic E-state index is 0.0905. The predicted molar refractivity (Wildman–Crippen MR) is 86.1 cm³/mol. The lowest BCUT2D eigenvalue weighted by molar-refractivity contribution is 0.0945. The van der Waals surface area contributed by atoms with Crippen LogP contribution < -0.4 is 11.1 Å². The van der Waals surface area contributed by atoms with Gasteiger partial charge in [0.2, 0.25) is 0 Å². The number of anilines is 1. The van der Waals surface area contributed by atoms with E-state index in [1.807, 2.05) is 44.2 Å². The lowest BCUT2D eigenvalue weighted by Crippen LogP contribution is -2.30. The molecule has 1 aromatic heterocycles. The zero-order valence-electron chi connectivity index (χ0n) is 12.1. The van der Waals surface area contributed by atoms with Gasteiger partial charge in [-0.2, -0.15) is 0 Å². The van der Waals surface area contributed by atoms with Gasteiger partial charge >= 0.3 is 0 Å². The Kier molecular flexibility index (Phi) is 4.45. The number of hydrogen-bond acceptors (Lipinski definition) is 3. The monoisotopic (exact) mass is 288 g/mol. The maximum atomic E-state index is 12.4. The molecule has 1 heterocycles. The molecule has 4 heteroatoms. The Labute approximate surface area is 123 Å². The molecular weight excluding hydrogens is 268 g/mol. The fourth-order valence-corrected chi connectivity index (χ4v) is 3.24. The standard InChI is InChI=1S/C16H20N2OS/c1-4-12-13(11-8-6-5-7-9-11)14(15(17)20-12)16(19)18-10(2)3/h5-10H,4,17H2,1-3H3,(H,18,19). The summed E-state index contributed by atoms with van der Waals surface area (Å²) < 4.78 is 0. The number of thiophene rings is 1. The summed E-state index contributed by atoms with van der Waals surface area (Å²) in [4.78, 5) is 13.6. The lowest BCUT2D eigenvalue weighted by Gasteiger charge is -2.11. The number of nitrogen functional groups attached to an aromatic ring is 1. The zero-order chi connectivity index (χ0) is 14.7. The molecule has 0 saturated heterocycles. The van der Waals surface area contributed by atoms with Crippen LogP contribution in [-0.2, 0) is 6.42 Å². The summed E-state index contributed by atoms with van der Waals surface area (Å²) in [7, 11) is 0. The molecular formula is C16H20N2OS. The zero-order valence-corrected chi connectivity index (χ0v) is 12.9. The second kappa shape index (κ2) is 6.09. The van der Waals surface area contributed by atoms with Crippen molar-refractivity contribution in [1.82, 2.24) is 5.32 Å². The van der Waals surface area contributed by atoms with Crippen molar-refractivity contribution in [2.75, 3.05) is 5.73 Å². The van der Waals surface area contributed by atoms with E-state index in [1.54, 1.807) is 0 Å². The Morgan fingerprint density at radius 1 is 1.30 bits per heavy atom. The maximum absolute atomic E-state index is 12.4. The van der Waals surface area contributed by atoms with Crippen LogP contribution in [0.4, 0.5) is 5.00 Å². The highest BCUT2D eigenvalue weighted by Crippen LogP contribution is 2.38. The molecule has 0 fully saturated rings. The smallest absolute Gasteiger partial charge is 0.255 e. The van der Waals surface area contributed by atoms with Crippen molar-refractivity contribution in [1.29, 1.82) is 0 Å². The third kappa shape index (κ3) is 2.85. The minimum atomic E-state index is -0.0905. The Balaban J connectivity index is 2.57. The molecule has 1 aromatic carbocycles. The molecule has 3 nitrogen and oxygen atoms in total. The first-order valence-electron chi connectivity index (χ1n) is 6.82. The fourth-order valence-electron chi connectivity index (χ4n) is 2.22. The molecule has 2 rings (SSSR count). The van der Waals surface area contributed by atoms with Gasteiger partial charge in [0.15, 0.2) is 0 Å². The summed E-state index contributed by atoms with van der Waals surface area (Å²) in [5.41, 5.74) is 8.73. The van der Waals surface area contributed by atoms with E-state index in [9.17, 15) is 4.79 Å². The van der Waals surface area contributed by atoms with Crippen LogP contribution in [0.5, 0.6) is 0 Å². The number of carbonyl (C=O) groups excluding carboxylic acids is 1. The van der Waals surface area contributed by atoms with Gasteiger partial charge < -0.3 is 11.1 Å². The van der Waals surface area contributed by atoms with Gasteiger partial charge in [-0.3, -0.25) is 4.79 Å². The van der Waals surface area contributed by atoms with E-state index in [-0.39, 0.29) is 11.9 Å². The quantitative estimate of drug-likeness (QED) is 0.901. The van der Waals surface area contributed by atoms with Crippen LogP contribution in [0.25, 0.3) is 11.1 Å². The topological polar surface area (TPSA) is 55.1 Å². The van der Waals surface area contributed by atoms with E-state index < -0.39 is 0 Å². The third-order valence-electron chi connectivity index (χ3n) is 3.04. The van der Waals surface area contributed by atoms with Crippen molar-refractivity contribution < 1.29 is 4.79 Å². The van der Waals surface area contributed by atoms with Crippen LogP contribution >= 0.6 is 11.3 Å². The maximum Gasteiger partial charge on any atom is 0.255 e. The first-order valence-corrected chi connectivity index (χ1v) is 7.63. The van der Waals surface area contributed by atoms with E-state index in [0.717, 1.165) is 22.4 Å². The summed E-state index contributed by atoms with van der Waals surface area (Å²) in [6.07, 6.45) is 0.869. The lowest BCUT2D eigenvalue weighted by atomic mass is 9.99. The largest absolute Gasteiger partial charge is 0.390 e. The van der Waals surface area contributed by atoms with Crippen LogP contribution in [0.2, 0.25) is 0 Å². The second-order valence-electron chi connectivity index (χ2n) is 4.99. The Hall–Kier alpha value is -1.81. The Morgan fingerprint density at radius 3 is 2.50 bits per heavy atom. The van der Waals surface area contributed by atoms with Gasteiger partial charge in [0.05, 0.1) is 10.6 Å². The molecule has 0 unspecified atom stereocenters. The van der Waals surface area contributed by atoms with Gasteiger partial charge in [-0.05, 0) is 25.8 Å². The molecule has 0 radical (unpaired) electrons. The molecule has 0 aliphatic carbocycles. The summed E-state index contributed by atoms with van der Waals surface area (Å²) in [5.74, 6) is -0.0905. The third-order valence-corrected chi connectivity index (χ3v) is 4.20. The van der Waals surface area contributed by atoms with Gasteiger partial charge in [0, 0.05) is 16.5 Å². The molecule has 0 atom stereocenters. The SMILES string of the molecule is CCc1sc(N)c(C(=O)NC(C)C)c1-c1ccccc1. The number of carbonyl (C=O) groups is 1. The van der Waals surface area contributed by atoms with Crippen molar-refractivity contribution in [3.05, 3.63) is 40.8 Å². The van der Waals surface area contributed by atoms with E-state index >= 15 is 0 Å². The van der Waals surface area contributed by atoms with Crippen molar-refractivity contribution in [3.63, 3.8) is 0 Å². The van der Waals surface area contributed by atoms with Crippen molar-refractivity contribution >= 4 is 22.2 Å². The first-order chi connectivity index (χ1) is 9.54. The van der Waals surface area contributed by atoms with Gasteiger partial charge in [0.25, 0.3) is 5.91 Å². The average Bonchev–Trinajstić information content (AvgIpc) is 2.75. The second-order valence-corrected chi connectivity index (χ2v) is 6.12. The predicted octanol–water partition coefficient (Wildman–Crippen LogP) is 3.70. The Morgan fingerprint density at radius 2 is 1.95 bits per heavy atom. The van der Waals surface area contributed by atoms with Crippen LogP contribution in [0, 0.1) is 0 Å². The van der Waals surface area contributed by atoms with Crippen molar-refractivity contribution in [2.45, 2.75) is 33.2 Å². The number of nitrogens with one attached hydrogen (secondary N) is 1. The molecule has 2 aromatic rings. The van der Waals surface area contributed by atoms with Crippen molar-refractivity contribution in [3.8, 4) is 11.1 Å². The first kappa shape index (κ1) is 14.6. The summed E-state index contributed by atoms with van der Waals surface area (Å²) in [6.45, 7) is 5.98. The Bertz CT molecular complexity index is 602. The molecule has 106 valence electrons. The van der Waals surface area contributed by atoms with Crippen molar-refractivity contribution in [2.24, 2.45) is 0 Å². The van der Waals surface area contributed by atoms with Gasteiger partial charge in [0.1, 0.15) is 0 Å². The number of benzene rings is 1. The number of aryl methyl sites for hydroxylation is 1. The number of hydrogen-bond donors (Lipinski definition) is 2. The van der Waals surface area contributed by atoms with E-state index in [4.69, 9.17) is 5.73 Å². The normalized spacial score (nSPS) is 10.8. The minimum Gasteiger partial charge on any atom is -0.390 e. The van der Waals surface area contributed by atoms with Crippen LogP contribution in [0.1, 0.15) is 36.0 Å². The van der Waals surface area contributed by atoms with Crippen LogP contribution in [0.15, 0.2) is 30.3 Å². The summed E-state index contributed by atoms with van der Waals surface area (Å²) >= 11 is 1.51. The molecule has 0 saturated carbocycles. The molecule has 3 N–H and O–H groups in total. The molecule has 1 amide bonds. The van der Waals surface area contributed by atoms with Gasteiger partial charge in [-0.1, -0.05) is 37.3 Å². The fraction of sp³-hybridized carbons (Fsp3) is 0.312. The highest BCUT2D eigenvalue weighted by atomic mass is 32.1. The number of nitrogens with two attached hydrogens (primary N) is 1. The van der Waals surface area contributed by atoms with Gasteiger partial charge in [-0.25, -0.2) is 0 Å². The highest BCUT2D eigenvalue weighted by Gasteiger charge is 2.22. The van der Waals surface area contributed by atoms with Crippen LogP contribution in [0.3, 0.4) is 0 Å².